The summed E-state index contributed by atoms with van der Waals surface area (Å²) < 4.78 is 0. The van der Waals surface area contributed by atoms with Gasteiger partial charge in [-0.05, 0) is 105 Å². The number of aliphatic hydroxyl groups is 3. The predicted molar refractivity (Wildman–Crippen MR) is 143 cm³/mol. The van der Waals surface area contributed by atoms with Crippen molar-refractivity contribution >= 4 is 11.8 Å². The number of carbonyl (C=O) groups excluding carboxylic acids is 2. The minimum atomic E-state index is -0.408. The lowest BCUT2D eigenvalue weighted by Crippen LogP contribution is -2.62. The summed E-state index contributed by atoms with van der Waals surface area (Å²) in [6.07, 6.45) is 6.30. The average Bonchev–Trinajstić information content (AvgIpc) is 3.20. The van der Waals surface area contributed by atoms with Gasteiger partial charge in [-0.25, -0.2) is 0 Å². The Labute approximate surface area is 222 Å². The van der Waals surface area contributed by atoms with Crippen LogP contribution in [0.15, 0.2) is 12.2 Å². The van der Waals surface area contributed by atoms with Crippen LogP contribution in [0, 0.1) is 46.3 Å². The summed E-state index contributed by atoms with van der Waals surface area (Å²) in [5, 5.41) is 39.0. The first-order valence-corrected chi connectivity index (χ1v) is 14.6. The van der Waals surface area contributed by atoms with Crippen LogP contribution in [0.5, 0.6) is 0 Å². The average molecular weight is 519 g/mol. The third kappa shape index (κ3) is 5.25. The summed E-state index contributed by atoms with van der Waals surface area (Å²) in [7, 11) is 0. The molecule has 0 aromatic carbocycles. The molecule has 210 valence electrons. The van der Waals surface area contributed by atoms with Crippen LogP contribution < -0.4 is 10.6 Å². The molecule has 7 heteroatoms. The quantitative estimate of drug-likeness (QED) is 0.250. The topological polar surface area (TPSA) is 119 Å². The molecule has 4 aliphatic carbocycles. The summed E-state index contributed by atoms with van der Waals surface area (Å²) in [5.74, 6) is 1.53. The Kier molecular flexibility index (Phi) is 8.47. The summed E-state index contributed by atoms with van der Waals surface area (Å²) in [4.78, 5) is 24.0. The second-order valence-corrected chi connectivity index (χ2v) is 13.4. The van der Waals surface area contributed by atoms with Gasteiger partial charge in [-0.2, -0.15) is 0 Å². The maximum Gasteiger partial charge on any atom is 0.246 e. The molecular weight excluding hydrogens is 468 g/mol. The van der Waals surface area contributed by atoms with E-state index in [-0.39, 0.29) is 40.8 Å². The standard InChI is InChI=1S/C30H50N2O5/c1-17(2)28(37)32-13-12-31-26(36)9-6-18(3)21-7-8-22-27-23(16-25(35)30(21,22)5)29(4)11-10-20(33)14-19(29)15-24(27)34/h18-25,27,33-35H,1,6-16H2,2-5H3,(H,31,36)(H,32,37)/t18-,19?,20-,21-,22+,23+,24-,25+,27+,29+,30-/m1/s1. The van der Waals surface area contributed by atoms with Crippen molar-refractivity contribution < 1.29 is 24.9 Å². The Bertz CT molecular complexity index is 878. The highest BCUT2D eigenvalue weighted by Crippen LogP contribution is 2.68. The van der Waals surface area contributed by atoms with E-state index in [4.69, 9.17) is 0 Å². The Morgan fingerprint density at radius 2 is 1.70 bits per heavy atom. The molecule has 4 rings (SSSR count). The summed E-state index contributed by atoms with van der Waals surface area (Å²) in [5.41, 5.74) is 0.284. The van der Waals surface area contributed by atoms with Crippen LogP contribution in [0.25, 0.3) is 0 Å². The van der Waals surface area contributed by atoms with Crippen molar-refractivity contribution in [1.82, 2.24) is 10.6 Å². The zero-order valence-corrected chi connectivity index (χ0v) is 23.3. The molecule has 0 saturated heterocycles. The van der Waals surface area contributed by atoms with Crippen LogP contribution >= 0.6 is 0 Å². The van der Waals surface area contributed by atoms with Crippen LogP contribution in [0.2, 0.25) is 0 Å². The zero-order valence-electron chi connectivity index (χ0n) is 23.3. The van der Waals surface area contributed by atoms with E-state index in [0.29, 0.717) is 54.7 Å². The number of rotatable bonds is 8. The number of carbonyl (C=O) groups is 2. The third-order valence-electron chi connectivity index (χ3n) is 11.5. The Hall–Kier alpha value is -1.44. The van der Waals surface area contributed by atoms with Gasteiger partial charge in [0.2, 0.25) is 11.8 Å². The van der Waals surface area contributed by atoms with E-state index in [1.807, 2.05) is 0 Å². The van der Waals surface area contributed by atoms with Crippen LogP contribution in [-0.2, 0) is 9.59 Å². The molecule has 11 atom stereocenters. The molecule has 0 aromatic heterocycles. The predicted octanol–water partition coefficient (Wildman–Crippen LogP) is 3.17. The molecule has 0 heterocycles. The van der Waals surface area contributed by atoms with Gasteiger partial charge >= 0.3 is 0 Å². The molecule has 4 fully saturated rings. The van der Waals surface area contributed by atoms with E-state index in [9.17, 15) is 24.9 Å². The molecule has 1 unspecified atom stereocenters. The van der Waals surface area contributed by atoms with Crippen molar-refractivity contribution in [3.8, 4) is 0 Å². The van der Waals surface area contributed by atoms with E-state index >= 15 is 0 Å². The van der Waals surface area contributed by atoms with E-state index in [1.165, 1.54) is 0 Å². The van der Waals surface area contributed by atoms with Gasteiger partial charge in [0.25, 0.3) is 0 Å². The van der Waals surface area contributed by atoms with Gasteiger partial charge < -0.3 is 26.0 Å². The second-order valence-electron chi connectivity index (χ2n) is 13.4. The highest BCUT2D eigenvalue weighted by atomic mass is 16.3. The van der Waals surface area contributed by atoms with Gasteiger partial charge in [0.15, 0.2) is 0 Å². The van der Waals surface area contributed by atoms with Crippen molar-refractivity contribution in [2.24, 2.45) is 46.3 Å². The molecule has 5 N–H and O–H groups in total. The first-order valence-electron chi connectivity index (χ1n) is 14.6. The summed E-state index contributed by atoms with van der Waals surface area (Å²) in [6, 6.07) is 0. The number of aliphatic hydroxyl groups excluding tert-OH is 3. The van der Waals surface area contributed by atoms with E-state index in [0.717, 1.165) is 51.4 Å². The molecular formula is C30H50N2O5. The largest absolute Gasteiger partial charge is 0.393 e. The smallest absolute Gasteiger partial charge is 0.246 e. The minimum absolute atomic E-state index is 0.0125. The van der Waals surface area contributed by atoms with Crippen molar-refractivity contribution in [1.29, 1.82) is 0 Å². The van der Waals surface area contributed by atoms with Crippen LogP contribution in [0.3, 0.4) is 0 Å². The molecule has 0 bridgehead atoms. The molecule has 0 aromatic rings. The van der Waals surface area contributed by atoms with Crippen molar-refractivity contribution in [2.75, 3.05) is 13.1 Å². The molecule has 0 radical (unpaired) electrons. The molecule has 4 saturated carbocycles. The first-order chi connectivity index (χ1) is 17.4. The Balaban J connectivity index is 1.36. The van der Waals surface area contributed by atoms with E-state index in [2.05, 4.69) is 38.0 Å². The highest BCUT2D eigenvalue weighted by Gasteiger charge is 2.65. The minimum Gasteiger partial charge on any atom is -0.393 e. The van der Waals surface area contributed by atoms with Gasteiger partial charge in [-0.15, -0.1) is 0 Å². The number of fused-ring (bicyclic) bond motifs is 5. The zero-order chi connectivity index (χ0) is 27.1. The van der Waals surface area contributed by atoms with E-state index < -0.39 is 6.10 Å². The molecule has 37 heavy (non-hydrogen) atoms. The summed E-state index contributed by atoms with van der Waals surface area (Å²) >= 11 is 0. The Morgan fingerprint density at radius 1 is 1.00 bits per heavy atom. The molecule has 7 nitrogen and oxygen atoms in total. The number of hydrogen-bond acceptors (Lipinski definition) is 5. The fourth-order valence-corrected chi connectivity index (χ4v) is 9.31. The lowest BCUT2D eigenvalue weighted by molar-refractivity contribution is -0.207. The van der Waals surface area contributed by atoms with Crippen LogP contribution in [0.1, 0.15) is 85.5 Å². The van der Waals surface area contributed by atoms with Gasteiger partial charge in [-0.1, -0.05) is 27.4 Å². The van der Waals surface area contributed by atoms with Crippen molar-refractivity contribution in [3.63, 3.8) is 0 Å². The van der Waals surface area contributed by atoms with Gasteiger partial charge in [0, 0.05) is 25.1 Å². The Morgan fingerprint density at radius 3 is 2.41 bits per heavy atom. The van der Waals surface area contributed by atoms with Gasteiger partial charge in [0.05, 0.1) is 18.3 Å². The van der Waals surface area contributed by atoms with Crippen LogP contribution in [-0.4, -0.2) is 58.5 Å². The highest BCUT2D eigenvalue weighted by molar-refractivity contribution is 5.92. The fourth-order valence-electron chi connectivity index (χ4n) is 9.31. The molecule has 4 aliphatic rings. The molecule has 2 amide bonds. The first kappa shape index (κ1) is 28.6. The number of nitrogens with one attached hydrogen (secondary N) is 2. The van der Waals surface area contributed by atoms with Gasteiger partial charge in [-0.3, -0.25) is 9.59 Å². The summed E-state index contributed by atoms with van der Waals surface area (Å²) in [6.45, 7) is 12.9. The van der Waals surface area contributed by atoms with Crippen molar-refractivity contribution in [3.05, 3.63) is 12.2 Å². The monoisotopic (exact) mass is 518 g/mol. The SMILES string of the molecule is C=C(C)C(=O)NCCNC(=O)CC[C@@H](C)[C@H]1CC[C@H]2[C@@H]3[C@H](O)CC4C[C@H](O)CC[C@]4(C)[C@H]3C[C@H](O)[C@]12C. The fraction of sp³-hybridized carbons (Fsp3) is 0.867. The molecule has 0 spiro atoms. The maximum absolute atomic E-state index is 12.4. The lowest BCUT2D eigenvalue weighted by atomic mass is 9.43. The van der Waals surface area contributed by atoms with Gasteiger partial charge in [0.1, 0.15) is 0 Å². The van der Waals surface area contributed by atoms with Crippen LogP contribution in [0.4, 0.5) is 0 Å². The lowest BCUT2D eigenvalue weighted by Gasteiger charge is -2.63. The second kappa shape index (κ2) is 11.0. The third-order valence-corrected chi connectivity index (χ3v) is 11.5. The normalized spacial score (nSPS) is 43.6. The van der Waals surface area contributed by atoms with Crippen molar-refractivity contribution in [2.45, 2.75) is 104 Å². The van der Waals surface area contributed by atoms with E-state index in [1.54, 1.807) is 6.92 Å². The number of amides is 2. The number of hydrogen-bond donors (Lipinski definition) is 5. The maximum atomic E-state index is 12.4. The molecule has 0 aliphatic heterocycles.